The van der Waals surface area contributed by atoms with Crippen LogP contribution in [0, 0.1) is 5.41 Å². The second-order valence-corrected chi connectivity index (χ2v) is 6.33. The van der Waals surface area contributed by atoms with Crippen molar-refractivity contribution in [3.05, 3.63) is 0 Å². The molecule has 0 aromatic heterocycles. The molecular weight excluding hydrogens is 186 g/mol. The fourth-order valence-corrected chi connectivity index (χ4v) is 2.19. The molecule has 0 bridgehead atoms. The Morgan fingerprint density at radius 1 is 1.33 bits per heavy atom. The number of likely N-dealkylation sites (tertiary alicyclic amines) is 1. The lowest BCUT2D eigenvalue weighted by Crippen LogP contribution is -2.40. The molecule has 15 heavy (non-hydrogen) atoms. The van der Waals surface area contributed by atoms with E-state index in [-0.39, 0.29) is 5.41 Å². The van der Waals surface area contributed by atoms with E-state index in [9.17, 15) is 4.79 Å². The van der Waals surface area contributed by atoms with Crippen molar-refractivity contribution >= 4 is 5.78 Å². The van der Waals surface area contributed by atoms with Crippen molar-refractivity contribution in [1.82, 2.24) is 4.90 Å². The first-order valence-electron chi connectivity index (χ1n) is 6.02. The van der Waals surface area contributed by atoms with E-state index in [1.807, 2.05) is 20.8 Å². The second-order valence-electron chi connectivity index (χ2n) is 6.33. The van der Waals surface area contributed by atoms with E-state index in [0.29, 0.717) is 17.7 Å². The van der Waals surface area contributed by atoms with Crippen LogP contribution in [-0.2, 0) is 4.79 Å². The number of hydrogen-bond acceptors (Lipinski definition) is 2. The van der Waals surface area contributed by atoms with Gasteiger partial charge in [-0.05, 0) is 33.2 Å². The van der Waals surface area contributed by atoms with Gasteiger partial charge in [0.2, 0.25) is 0 Å². The van der Waals surface area contributed by atoms with Crippen LogP contribution in [0.3, 0.4) is 0 Å². The van der Waals surface area contributed by atoms with Gasteiger partial charge in [0.1, 0.15) is 5.78 Å². The van der Waals surface area contributed by atoms with Crippen molar-refractivity contribution in [2.75, 3.05) is 13.1 Å². The normalized spacial score (nSPS) is 21.9. The number of hydrogen-bond donors (Lipinski definition) is 0. The summed E-state index contributed by atoms with van der Waals surface area (Å²) in [5.41, 5.74) is 0.127. The van der Waals surface area contributed by atoms with Gasteiger partial charge < -0.3 is 0 Å². The van der Waals surface area contributed by atoms with Crippen molar-refractivity contribution in [2.24, 2.45) is 5.41 Å². The molecule has 2 nitrogen and oxygen atoms in total. The minimum Gasteiger partial charge on any atom is -0.299 e. The summed E-state index contributed by atoms with van der Waals surface area (Å²) in [5.74, 6) is 0.380. The van der Waals surface area contributed by atoms with Crippen LogP contribution in [0.2, 0.25) is 0 Å². The standard InChI is InChI=1S/C13H25NO/c1-12(2,3)11(15)7-10-14-9-6-8-13(14,4)5/h6-10H2,1-5H3. The number of rotatable bonds is 3. The lowest BCUT2D eigenvalue weighted by atomic mass is 9.88. The fraction of sp³-hybridized carbons (Fsp3) is 0.923. The first-order chi connectivity index (χ1) is 6.73. The number of nitrogens with zero attached hydrogens (tertiary/aromatic N) is 1. The third-order valence-corrected chi connectivity index (χ3v) is 3.52. The molecular formula is C13H25NO. The average molecular weight is 211 g/mol. The lowest BCUT2D eigenvalue weighted by molar-refractivity contribution is -0.126. The Morgan fingerprint density at radius 3 is 2.33 bits per heavy atom. The minimum atomic E-state index is -0.177. The van der Waals surface area contributed by atoms with Gasteiger partial charge in [0, 0.05) is 23.9 Å². The highest BCUT2D eigenvalue weighted by molar-refractivity contribution is 5.83. The van der Waals surface area contributed by atoms with Gasteiger partial charge in [-0.25, -0.2) is 0 Å². The maximum atomic E-state index is 11.8. The zero-order chi connectivity index (χ0) is 11.7. The number of carbonyl (C=O) groups is 1. The van der Waals surface area contributed by atoms with Crippen LogP contribution < -0.4 is 0 Å². The zero-order valence-corrected chi connectivity index (χ0v) is 10.9. The highest BCUT2D eigenvalue weighted by Gasteiger charge is 2.32. The van der Waals surface area contributed by atoms with E-state index in [1.165, 1.54) is 12.8 Å². The summed E-state index contributed by atoms with van der Waals surface area (Å²) in [6, 6.07) is 0. The van der Waals surface area contributed by atoms with Crippen molar-refractivity contribution in [1.29, 1.82) is 0 Å². The maximum Gasteiger partial charge on any atom is 0.139 e. The van der Waals surface area contributed by atoms with E-state index < -0.39 is 0 Å². The van der Waals surface area contributed by atoms with Crippen LogP contribution in [0.5, 0.6) is 0 Å². The highest BCUT2D eigenvalue weighted by Crippen LogP contribution is 2.28. The highest BCUT2D eigenvalue weighted by atomic mass is 16.1. The molecule has 0 N–H and O–H groups in total. The van der Waals surface area contributed by atoms with Gasteiger partial charge in [0.05, 0.1) is 0 Å². The molecule has 0 amide bonds. The first-order valence-corrected chi connectivity index (χ1v) is 6.02. The van der Waals surface area contributed by atoms with Gasteiger partial charge in [0.25, 0.3) is 0 Å². The molecule has 88 valence electrons. The van der Waals surface area contributed by atoms with E-state index in [2.05, 4.69) is 18.7 Å². The zero-order valence-electron chi connectivity index (χ0n) is 10.9. The second kappa shape index (κ2) is 4.25. The molecule has 0 saturated carbocycles. The van der Waals surface area contributed by atoms with Crippen molar-refractivity contribution in [3.8, 4) is 0 Å². The molecule has 2 heteroatoms. The molecule has 1 fully saturated rings. The molecule has 1 heterocycles. The Labute approximate surface area is 94.0 Å². The van der Waals surface area contributed by atoms with Crippen LogP contribution in [0.4, 0.5) is 0 Å². The Hall–Kier alpha value is -0.370. The topological polar surface area (TPSA) is 20.3 Å². The van der Waals surface area contributed by atoms with Crippen LogP contribution in [0.15, 0.2) is 0 Å². The average Bonchev–Trinajstić information content (AvgIpc) is 2.39. The minimum absolute atomic E-state index is 0.177. The van der Waals surface area contributed by atoms with E-state index >= 15 is 0 Å². The van der Waals surface area contributed by atoms with E-state index in [1.54, 1.807) is 0 Å². The quantitative estimate of drug-likeness (QED) is 0.715. The van der Waals surface area contributed by atoms with Gasteiger partial charge in [0.15, 0.2) is 0 Å². The SMILES string of the molecule is CC(C)(C)C(=O)CCN1CCCC1(C)C. The molecule has 0 aliphatic carbocycles. The first kappa shape index (κ1) is 12.7. The lowest BCUT2D eigenvalue weighted by Gasteiger charge is -2.32. The van der Waals surface area contributed by atoms with Gasteiger partial charge in [-0.3, -0.25) is 9.69 Å². The Kier molecular flexibility index (Phi) is 3.59. The molecule has 0 aromatic carbocycles. The van der Waals surface area contributed by atoms with Gasteiger partial charge >= 0.3 is 0 Å². The van der Waals surface area contributed by atoms with Gasteiger partial charge in [-0.1, -0.05) is 20.8 Å². The molecule has 1 rings (SSSR count). The predicted molar refractivity (Wildman–Crippen MR) is 64.0 cm³/mol. The van der Waals surface area contributed by atoms with Crippen LogP contribution in [-0.4, -0.2) is 29.3 Å². The molecule has 1 saturated heterocycles. The Morgan fingerprint density at radius 2 is 1.93 bits per heavy atom. The number of carbonyl (C=O) groups excluding carboxylic acids is 1. The molecule has 1 aliphatic rings. The van der Waals surface area contributed by atoms with Crippen LogP contribution in [0.1, 0.15) is 53.9 Å². The molecule has 0 radical (unpaired) electrons. The summed E-state index contributed by atoms with van der Waals surface area (Å²) >= 11 is 0. The maximum absolute atomic E-state index is 11.8. The predicted octanol–water partition coefficient (Wildman–Crippen LogP) is 2.87. The van der Waals surface area contributed by atoms with Gasteiger partial charge in [-0.2, -0.15) is 0 Å². The summed E-state index contributed by atoms with van der Waals surface area (Å²) in [6.07, 6.45) is 3.24. The summed E-state index contributed by atoms with van der Waals surface area (Å²) in [4.78, 5) is 14.3. The van der Waals surface area contributed by atoms with Crippen molar-refractivity contribution in [2.45, 2.75) is 59.4 Å². The summed E-state index contributed by atoms with van der Waals surface area (Å²) in [5, 5.41) is 0. The van der Waals surface area contributed by atoms with Crippen LogP contribution >= 0.6 is 0 Å². The fourth-order valence-electron chi connectivity index (χ4n) is 2.19. The van der Waals surface area contributed by atoms with Crippen LogP contribution in [0.25, 0.3) is 0 Å². The van der Waals surface area contributed by atoms with E-state index in [0.717, 1.165) is 13.1 Å². The summed E-state index contributed by atoms with van der Waals surface area (Å²) in [6.45, 7) is 12.7. The third kappa shape index (κ3) is 3.30. The van der Waals surface area contributed by atoms with Gasteiger partial charge in [-0.15, -0.1) is 0 Å². The third-order valence-electron chi connectivity index (χ3n) is 3.52. The molecule has 0 atom stereocenters. The smallest absolute Gasteiger partial charge is 0.139 e. The molecule has 0 aromatic rings. The summed E-state index contributed by atoms with van der Waals surface area (Å²) in [7, 11) is 0. The Balaban J connectivity index is 2.41. The van der Waals surface area contributed by atoms with Crippen molar-refractivity contribution in [3.63, 3.8) is 0 Å². The number of Topliss-reactive ketones (excluding diaryl/α,β-unsaturated/α-hetero) is 1. The molecule has 1 aliphatic heterocycles. The van der Waals surface area contributed by atoms with Crippen molar-refractivity contribution < 1.29 is 4.79 Å². The number of ketones is 1. The summed E-state index contributed by atoms with van der Waals surface area (Å²) < 4.78 is 0. The largest absolute Gasteiger partial charge is 0.299 e. The Bertz CT molecular complexity index is 237. The monoisotopic (exact) mass is 211 g/mol. The van der Waals surface area contributed by atoms with E-state index in [4.69, 9.17) is 0 Å². The molecule has 0 spiro atoms. The molecule has 0 unspecified atom stereocenters.